The molecule has 1 aliphatic rings. The lowest BCUT2D eigenvalue weighted by Crippen LogP contribution is -2.25. The van der Waals surface area contributed by atoms with E-state index in [4.69, 9.17) is 13.9 Å². The molecule has 0 saturated heterocycles. The first-order valence-corrected chi connectivity index (χ1v) is 9.59. The molecule has 0 radical (unpaired) electrons. The molecule has 0 atom stereocenters. The molecule has 3 aromatic rings. The van der Waals surface area contributed by atoms with Gasteiger partial charge in [0.05, 0.1) is 19.8 Å². The van der Waals surface area contributed by atoms with Crippen LogP contribution in [0.25, 0.3) is 22.2 Å². The summed E-state index contributed by atoms with van der Waals surface area (Å²) >= 11 is 0. The third-order valence-electron chi connectivity index (χ3n) is 5.41. The lowest BCUT2D eigenvalue weighted by Gasteiger charge is -2.20. The predicted molar refractivity (Wildman–Crippen MR) is 108 cm³/mol. The molecule has 0 aliphatic heterocycles. The molecule has 4 rings (SSSR count). The second-order valence-electron chi connectivity index (χ2n) is 7.25. The lowest BCUT2D eigenvalue weighted by molar-refractivity contribution is -0.154. The molecule has 152 valence electrons. The van der Waals surface area contributed by atoms with Crippen LogP contribution in [-0.2, 0) is 19.1 Å². The average Bonchev–Trinajstić information content (AvgIpc) is 3.53. The highest BCUT2D eigenvalue weighted by molar-refractivity contribution is 6.07. The third kappa shape index (κ3) is 3.11. The van der Waals surface area contributed by atoms with Crippen LogP contribution >= 0.6 is 0 Å². The number of hydrogen-bond donors (Lipinski definition) is 0. The number of benzene rings is 2. The number of esters is 2. The fourth-order valence-corrected chi connectivity index (χ4v) is 3.77. The Balaban J connectivity index is 2.15. The first-order valence-electron chi connectivity index (χ1n) is 9.59. The molecule has 0 amide bonds. The summed E-state index contributed by atoms with van der Waals surface area (Å²) in [5, 5.41) is 9.88. The van der Waals surface area contributed by atoms with Gasteiger partial charge in [-0.2, -0.15) is 5.26 Å². The number of nitriles is 1. The van der Waals surface area contributed by atoms with Crippen molar-refractivity contribution in [3.8, 4) is 17.2 Å². The Bertz CT molecular complexity index is 1170. The highest BCUT2D eigenvalue weighted by Crippen LogP contribution is 2.45. The van der Waals surface area contributed by atoms with Gasteiger partial charge >= 0.3 is 11.9 Å². The van der Waals surface area contributed by atoms with E-state index < -0.39 is 17.9 Å². The molecule has 7 nitrogen and oxygen atoms in total. The highest BCUT2D eigenvalue weighted by atomic mass is 16.5. The van der Waals surface area contributed by atoms with Gasteiger partial charge in [0.15, 0.2) is 17.4 Å². The van der Waals surface area contributed by atoms with Crippen molar-refractivity contribution >= 4 is 23.0 Å². The Kier molecular flexibility index (Phi) is 5.00. The van der Waals surface area contributed by atoms with Crippen molar-refractivity contribution in [1.82, 2.24) is 4.98 Å². The molecule has 0 bridgehead atoms. The van der Waals surface area contributed by atoms with Crippen molar-refractivity contribution in [2.45, 2.75) is 31.6 Å². The maximum atomic E-state index is 12.7. The van der Waals surface area contributed by atoms with Gasteiger partial charge in [-0.15, -0.1) is 0 Å². The molecular weight excluding hydrogens is 384 g/mol. The summed E-state index contributed by atoms with van der Waals surface area (Å²) in [5.74, 6) is -2.21. The van der Waals surface area contributed by atoms with Crippen molar-refractivity contribution in [2.75, 3.05) is 14.2 Å². The first kappa shape index (κ1) is 19.6. The van der Waals surface area contributed by atoms with Gasteiger partial charge in [-0.1, -0.05) is 30.3 Å². The summed E-state index contributed by atoms with van der Waals surface area (Å²) in [4.78, 5) is 30.0. The molecule has 30 heavy (non-hydrogen) atoms. The Morgan fingerprint density at radius 3 is 2.33 bits per heavy atom. The van der Waals surface area contributed by atoms with Crippen molar-refractivity contribution in [3.05, 3.63) is 52.9 Å². The van der Waals surface area contributed by atoms with Crippen LogP contribution in [0.1, 0.15) is 47.3 Å². The van der Waals surface area contributed by atoms with Crippen LogP contribution in [0.5, 0.6) is 0 Å². The average molecular weight is 404 g/mol. The summed E-state index contributed by atoms with van der Waals surface area (Å²) < 4.78 is 15.9. The standard InChI is InChI=1S/C23H20N2O5/c1-12-15(11-24)19-20(30-21(25-19)14-9-10-14)17(16(12)13-7-5-4-6-8-13)18(22(26)28-2)23(27)29-3/h4-8,14,18H,9-10H2,1-3H3. The number of methoxy groups -OCH3 is 2. The zero-order valence-corrected chi connectivity index (χ0v) is 16.9. The van der Waals surface area contributed by atoms with Crippen molar-refractivity contribution in [2.24, 2.45) is 0 Å². The van der Waals surface area contributed by atoms with Crippen molar-refractivity contribution in [1.29, 1.82) is 5.26 Å². The molecule has 7 heteroatoms. The van der Waals surface area contributed by atoms with Crippen LogP contribution in [0.3, 0.4) is 0 Å². The number of fused-ring (bicyclic) bond motifs is 1. The van der Waals surface area contributed by atoms with E-state index in [9.17, 15) is 14.9 Å². The minimum atomic E-state index is -1.37. The molecule has 1 aromatic heterocycles. The Morgan fingerprint density at radius 1 is 1.17 bits per heavy atom. The normalized spacial score (nSPS) is 13.3. The zero-order chi connectivity index (χ0) is 21.4. The smallest absolute Gasteiger partial charge is 0.324 e. The number of ether oxygens (including phenoxy) is 2. The molecule has 1 aliphatic carbocycles. The number of carbonyl (C=O) groups is 2. The number of nitrogens with zero attached hydrogens (tertiary/aromatic N) is 2. The molecular formula is C23H20N2O5. The zero-order valence-electron chi connectivity index (χ0n) is 16.9. The van der Waals surface area contributed by atoms with Crippen LogP contribution < -0.4 is 0 Å². The molecule has 1 fully saturated rings. The molecule has 1 saturated carbocycles. The topological polar surface area (TPSA) is 102 Å². The minimum absolute atomic E-state index is 0.187. The Morgan fingerprint density at radius 2 is 1.80 bits per heavy atom. The summed E-state index contributed by atoms with van der Waals surface area (Å²) in [6.45, 7) is 1.78. The number of aromatic nitrogens is 1. The maximum absolute atomic E-state index is 12.7. The van der Waals surface area contributed by atoms with Gasteiger partial charge in [0.25, 0.3) is 0 Å². The number of oxazole rings is 1. The van der Waals surface area contributed by atoms with E-state index in [-0.39, 0.29) is 11.5 Å². The van der Waals surface area contributed by atoms with Crippen LogP contribution in [0.15, 0.2) is 34.7 Å². The van der Waals surface area contributed by atoms with Gasteiger partial charge in [0.1, 0.15) is 11.6 Å². The number of rotatable bonds is 5. The van der Waals surface area contributed by atoms with E-state index >= 15 is 0 Å². The second-order valence-corrected chi connectivity index (χ2v) is 7.25. The Hall–Kier alpha value is -3.66. The molecule has 0 spiro atoms. The van der Waals surface area contributed by atoms with E-state index in [1.54, 1.807) is 6.92 Å². The molecule has 2 aromatic carbocycles. The largest absolute Gasteiger partial charge is 0.468 e. The summed E-state index contributed by atoms with van der Waals surface area (Å²) in [7, 11) is 2.42. The van der Waals surface area contributed by atoms with E-state index in [0.29, 0.717) is 33.7 Å². The second kappa shape index (κ2) is 7.64. The lowest BCUT2D eigenvalue weighted by atomic mass is 9.84. The SMILES string of the molecule is COC(=O)C(C(=O)OC)c1c(-c2ccccc2)c(C)c(C#N)c2nc(C3CC3)oc12. The fourth-order valence-electron chi connectivity index (χ4n) is 3.77. The minimum Gasteiger partial charge on any atom is -0.468 e. The highest BCUT2D eigenvalue weighted by Gasteiger charge is 2.39. The van der Waals surface area contributed by atoms with E-state index in [1.807, 2.05) is 30.3 Å². The van der Waals surface area contributed by atoms with Gasteiger partial charge in [-0.25, -0.2) is 4.98 Å². The van der Waals surface area contributed by atoms with Gasteiger partial charge in [0.2, 0.25) is 0 Å². The Labute approximate surface area is 173 Å². The van der Waals surface area contributed by atoms with Crippen LogP contribution in [0.2, 0.25) is 0 Å². The van der Waals surface area contributed by atoms with Gasteiger partial charge in [0, 0.05) is 11.5 Å². The maximum Gasteiger partial charge on any atom is 0.324 e. The van der Waals surface area contributed by atoms with E-state index in [2.05, 4.69) is 11.1 Å². The summed E-state index contributed by atoms with van der Waals surface area (Å²) in [6.07, 6.45) is 1.90. The fraction of sp³-hybridized carbons (Fsp3) is 0.304. The van der Waals surface area contributed by atoms with Crippen molar-refractivity contribution in [3.63, 3.8) is 0 Å². The van der Waals surface area contributed by atoms with Gasteiger partial charge in [-0.3, -0.25) is 9.59 Å². The van der Waals surface area contributed by atoms with Gasteiger partial charge in [-0.05, 0) is 36.5 Å². The molecule has 1 heterocycles. The van der Waals surface area contributed by atoms with Crippen molar-refractivity contribution < 1.29 is 23.5 Å². The van der Waals surface area contributed by atoms with E-state index in [0.717, 1.165) is 18.4 Å². The van der Waals surface area contributed by atoms with Crippen LogP contribution in [-0.4, -0.2) is 31.1 Å². The van der Waals surface area contributed by atoms with E-state index in [1.165, 1.54) is 14.2 Å². The molecule has 0 N–H and O–H groups in total. The third-order valence-corrected chi connectivity index (χ3v) is 5.41. The first-order chi connectivity index (χ1) is 14.5. The predicted octanol–water partition coefficient (Wildman–Crippen LogP) is 3.98. The summed E-state index contributed by atoms with van der Waals surface area (Å²) in [6, 6.07) is 11.5. The monoisotopic (exact) mass is 404 g/mol. The van der Waals surface area contributed by atoms with Gasteiger partial charge < -0.3 is 13.9 Å². The quantitative estimate of drug-likeness (QED) is 0.468. The number of hydrogen-bond acceptors (Lipinski definition) is 7. The number of carbonyl (C=O) groups excluding carboxylic acids is 2. The van der Waals surface area contributed by atoms with Crippen LogP contribution in [0, 0.1) is 18.3 Å². The summed E-state index contributed by atoms with van der Waals surface area (Å²) in [5.41, 5.74) is 3.19. The molecule has 0 unspecified atom stereocenters. The van der Waals surface area contributed by atoms with Crippen LogP contribution in [0.4, 0.5) is 0 Å².